The van der Waals surface area contributed by atoms with Gasteiger partial charge in [0.25, 0.3) is 7.82 Å². The molecule has 0 rings (SSSR count). The van der Waals surface area contributed by atoms with Gasteiger partial charge in [0.2, 0.25) is 5.91 Å². The van der Waals surface area contributed by atoms with Gasteiger partial charge in [0, 0.05) is 12.8 Å². The number of hydrogen-bond donors (Lipinski definition) is 1. The SMILES string of the molecule is CCCCC/C=C\C/C=C\C/C=C\C/C=C\CCCCCC(=O)OC(/C=C\CCCCCCCCCCC)C(COP(=O)([O-])OCC[N+](C)(C)C)NC(=O)CCCCCCCCCCCCCCCCC/C=C\C/C=C\CCCCC. The fourth-order valence-electron chi connectivity index (χ4n) is 9.54. The zero-order valence-corrected chi connectivity index (χ0v) is 54.6. The van der Waals surface area contributed by atoms with E-state index < -0.39 is 26.6 Å². The third kappa shape index (κ3) is 61.6. The van der Waals surface area contributed by atoms with Gasteiger partial charge >= 0.3 is 5.97 Å². The molecule has 0 radical (unpaired) electrons. The van der Waals surface area contributed by atoms with E-state index in [1.165, 1.54) is 180 Å². The van der Waals surface area contributed by atoms with E-state index in [9.17, 15) is 19.0 Å². The molecule has 1 amide bonds. The van der Waals surface area contributed by atoms with Crippen molar-refractivity contribution in [1.29, 1.82) is 0 Å². The summed E-state index contributed by atoms with van der Waals surface area (Å²) in [5.74, 6) is -0.573. The van der Waals surface area contributed by atoms with Crippen LogP contribution in [-0.2, 0) is 27.9 Å². The number of carbonyl (C=O) groups is 2. The number of rotatable bonds is 61. The third-order valence-corrected chi connectivity index (χ3v) is 15.8. The molecule has 0 bridgehead atoms. The number of unbranched alkanes of at least 4 members (excludes halogenated alkanes) is 33. The normalized spacial score (nSPS) is 14.1. The quantitative estimate of drug-likeness (QED) is 0.0212. The maximum Gasteiger partial charge on any atom is 0.306 e. The molecule has 3 unspecified atom stereocenters. The van der Waals surface area contributed by atoms with E-state index in [1.807, 2.05) is 33.3 Å². The van der Waals surface area contributed by atoms with Crippen molar-refractivity contribution in [3.05, 3.63) is 85.1 Å². The molecule has 1 N–H and O–H groups in total. The van der Waals surface area contributed by atoms with Crippen molar-refractivity contribution in [2.75, 3.05) is 40.9 Å². The predicted octanol–water partition coefficient (Wildman–Crippen LogP) is 20.7. The maximum atomic E-state index is 13.6. The van der Waals surface area contributed by atoms with Crippen LogP contribution in [0.15, 0.2) is 85.1 Å². The second-order valence-electron chi connectivity index (χ2n) is 24.0. The van der Waals surface area contributed by atoms with E-state index in [0.29, 0.717) is 23.9 Å². The molecule has 0 heterocycles. The molecule has 9 nitrogen and oxygen atoms in total. The molecule has 0 spiro atoms. The summed E-state index contributed by atoms with van der Waals surface area (Å²) in [6.07, 6.45) is 79.9. The topological polar surface area (TPSA) is 114 Å². The van der Waals surface area contributed by atoms with E-state index in [4.69, 9.17) is 13.8 Å². The number of allylic oxidation sites excluding steroid dienone is 13. The van der Waals surface area contributed by atoms with Crippen LogP contribution < -0.4 is 10.2 Å². The lowest BCUT2D eigenvalue weighted by Crippen LogP contribution is -2.47. The van der Waals surface area contributed by atoms with Crippen LogP contribution in [0.3, 0.4) is 0 Å². The highest BCUT2D eigenvalue weighted by Crippen LogP contribution is 2.38. The van der Waals surface area contributed by atoms with Crippen molar-refractivity contribution in [3.63, 3.8) is 0 Å². The van der Waals surface area contributed by atoms with Crippen LogP contribution in [0, 0.1) is 0 Å². The van der Waals surface area contributed by atoms with E-state index in [-0.39, 0.29) is 24.9 Å². The number of amides is 1. The molecule has 0 aromatic heterocycles. The molecule has 0 saturated heterocycles. The Morgan fingerprint density at radius 2 is 0.753 bits per heavy atom. The molecule has 0 aliphatic heterocycles. The molecule has 0 aliphatic rings. The summed E-state index contributed by atoms with van der Waals surface area (Å²) in [5.41, 5.74) is 0. The van der Waals surface area contributed by atoms with Crippen LogP contribution in [0.25, 0.3) is 0 Å². The van der Waals surface area contributed by atoms with Crippen molar-refractivity contribution >= 4 is 19.7 Å². The average Bonchev–Trinajstić information content (AvgIpc) is 3.44. The summed E-state index contributed by atoms with van der Waals surface area (Å²) >= 11 is 0. The van der Waals surface area contributed by atoms with Gasteiger partial charge in [-0.05, 0) is 109 Å². The fourth-order valence-corrected chi connectivity index (χ4v) is 10.3. The highest BCUT2D eigenvalue weighted by molar-refractivity contribution is 7.45. The minimum Gasteiger partial charge on any atom is -0.756 e. The average molecular weight is 1150 g/mol. The number of esters is 1. The van der Waals surface area contributed by atoms with Crippen LogP contribution in [-0.4, -0.2) is 69.4 Å². The van der Waals surface area contributed by atoms with Gasteiger partial charge in [-0.25, -0.2) is 0 Å². The second kappa shape index (κ2) is 60.3. The smallest absolute Gasteiger partial charge is 0.306 e. The largest absolute Gasteiger partial charge is 0.756 e. The first-order valence-corrected chi connectivity index (χ1v) is 35.4. The molecule has 0 fully saturated rings. The summed E-state index contributed by atoms with van der Waals surface area (Å²) in [7, 11) is 1.16. The number of phosphoric ester groups is 1. The number of carbonyl (C=O) groups excluding carboxylic acids is 2. The Kier molecular flexibility index (Phi) is 58.2. The van der Waals surface area contributed by atoms with E-state index in [0.717, 1.165) is 83.5 Å². The number of quaternary nitrogens is 1. The zero-order valence-electron chi connectivity index (χ0n) is 53.7. The first-order chi connectivity index (χ1) is 39.4. The number of hydrogen-bond acceptors (Lipinski definition) is 7. The molecule has 470 valence electrons. The molecular formula is C71H129N2O7P. The maximum absolute atomic E-state index is 13.6. The highest BCUT2D eigenvalue weighted by atomic mass is 31.2. The van der Waals surface area contributed by atoms with Crippen molar-refractivity contribution in [2.45, 2.75) is 315 Å². The predicted molar refractivity (Wildman–Crippen MR) is 348 cm³/mol. The highest BCUT2D eigenvalue weighted by Gasteiger charge is 2.27. The van der Waals surface area contributed by atoms with Crippen molar-refractivity contribution in [2.24, 2.45) is 0 Å². The number of nitrogens with zero attached hydrogens (tertiary/aromatic N) is 1. The van der Waals surface area contributed by atoms with Gasteiger partial charge in [0.15, 0.2) is 0 Å². The van der Waals surface area contributed by atoms with E-state index in [2.05, 4.69) is 99.0 Å². The van der Waals surface area contributed by atoms with Gasteiger partial charge in [-0.3, -0.25) is 14.2 Å². The molecule has 0 aromatic carbocycles. The summed E-state index contributed by atoms with van der Waals surface area (Å²) < 4.78 is 30.3. The standard InChI is InChI=1S/C71H129N2O7P/c1-7-10-13-16-19-22-25-27-29-31-33-34-35-36-37-38-40-41-43-45-48-51-54-57-60-63-70(74)72-68(67-79-81(76,77)78-66-65-73(4,5)6)69(62-59-56-53-50-47-24-21-18-15-12-9-3)80-71(75)64-61-58-55-52-49-46-44-42-39-32-30-28-26-23-20-17-14-11-8-2/h19-20,22-23,27-30,39,42,46,49,59,62,68-69H,7-18,21,24-26,31-38,40-41,43-45,47-48,50-58,60-61,63-67H2,1-6H3,(H-,72,74,76,77)/b22-19-,23-20-,29-27-,30-28-,42-39-,49-46-,62-59-. The van der Waals surface area contributed by atoms with E-state index in [1.54, 1.807) is 0 Å². The van der Waals surface area contributed by atoms with Crippen LogP contribution in [0.2, 0.25) is 0 Å². The minimum absolute atomic E-state index is 0.0300. The summed E-state index contributed by atoms with van der Waals surface area (Å²) in [6.45, 7) is 6.78. The Balaban J connectivity index is 5.11. The Bertz CT molecular complexity index is 1660. The summed E-state index contributed by atoms with van der Waals surface area (Å²) in [4.78, 5) is 40.1. The van der Waals surface area contributed by atoms with Gasteiger partial charge in [0.05, 0.1) is 33.8 Å². The molecular weight excluding hydrogens is 1020 g/mol. The first kappa shape index (κ1) is 78.2. The van der Waals surface area contributed by atoms with Crippen LogP contribution in [0.5, 0.6) is 0 Å². The van der Waals surface area contributed by atoms with Crippen LogP contribution in [0.4, 0.5) is 0 Å². The number of nitrogens with one attached hydrogen (secondary N) is 1. The van der Waals surface area contributed by atoms with Crippen LogP contribution >= 0.6 is 7.82 Å². The lowest BCUT2D eigenvalue weighted by Gasteiger charge is -2.30. The molecule has 3 atom stereocenters. The first-order valence-electron chi connectivity index (χ1n) is 33.9. The number of phosphoric acid groups is 1. The Hall–Kier alpha value is -2.81. The molecule has 0 aromatic rings. The Labute approximate surface area is 501 Å². The minimum atomic E-state index is -4.71. The molecule has 0 aliphatic carbocycles. The number of ether oxygens (including phenoxy) is 1. The van der Waals surface area contributed by atoms with Gasteiger partial charge in [-0.1, -0.05) is 267 Å². The summed E-state index contributed by atoms with van der Waals surface area (Å²) in [6, 6.07) is -0.905. The van der Waals surface area contributed by atoms with Crippen molar-refractivity contribution in [3.8, 4) is 0 Å². The lowest BCUT2D eigenvalue weighted by molar-refractivity contribution is -0.870. The van der Waals surface area contributed by atoms with Gasteiger partial charge in [0.1, 0.15) is 19.3 Å². The zero-order chi connectivity index (χ0) is 59.3. The summed E-state index contributed by atoms with van der Waals surface area (Å²) in [5, 5.41) is 3.03. The molecule has 0 saturated carbocycles. The van der Waals surface area contributed by atoms with E-state index >= 15 is 0 Å². The van der Waals surface area contributed by atoms with Crippen LogP contribution in [0.1, 0.15) is 303 Å². The van der Waals surface area contributed by atoms with Gasteiger partial charge < -0.3 is 28.5 Å². The Morgan fingerprint density at radius 3 is 1.16 bits per heavy atom. The van der Waals surface area contributed by atoms with Gasteiger partial charge in [-0.2, -0.15) is 0 Å². The Morgan fingerprint density at radius 1 is 0.432 bits per heavy atom. The van der Waals surface area contributed by atoms with Crippen molar-refractivity contribution < 1.29 is 37.3 Å². The fraction of sp³-hybridized carbons (Fsp3) is 0.775. The molecule has 10 heteroatoms. The monoisotopic (exact) mass is 1150 g/mol. The molecule has 81 heavy (non-hydrogen) atoms. The second-order valence-corrected chi connectivity index (χ2v) is 25.4. The number of likely N-dealkylation sites (N-methyl/N-ethyl adjacent to an activating group) is 1. The third-order valence-electron chi connectivity index (χ3n) is 14.8. The van der Waals surface area contributed by atoms with Gasteiger partial charge in [-0.15, -0.1) is 0 Å². The van der Waals surface area contributed by atoms with Crippen molar-refractivity contribution in [1.82, 2.24) is 5.32 Å². The lowest BCUT2D eigenvalue weighted by atomic mass is 10.0.